The van der Waals surface area contributed by atoms with Gasteiger partial charge in [0.1, 0.15) is 0 Å². The number of hydrogen-bond acceptors (Lipinski definition) is 1. The minimum atomic E-state index is -2.88. The minimum absolute atomic E-state index is 0.435. The van der Waals surface area contributed by atoms with Gasteiger partial charge < -0.3 is 4.98 Å². The molecule has 0 amide bonds. The molecule has 5 heteroatoms. The van der Waals surface area contributed by atoms with Crippen molar-refractivity contribution < 1.29 is 8.78 Å². The predicted octanol–water partition coefficient (Wildman–Crippen LogP) is 3.05. The third kappa shape index (κ3) is 2.70. The molecule has 10 heavy (non-hydrogen) atoms. The number of hydrogen-bond donors (Lipinski definition) is 1. The summed E-state index contributed by atoms with van der Waals surface area (Å²) in [7, 11) is 0. The number of H-pyrrole nitrogens is 1. The Morgan fingerprint density at radius 2 is 2.30 bits per heavy atom. The van der Waals surface area contributed by atoms with Crippen LogP contribution < -0.4 is 0 Å². The van der Waals surface area contributed by atoms with E-state index in [-0.39, 0.29) is 0 Å². The van der Waals surface area contributed by atoms with Gasteiger partial charge in [-0.3, -0.25) is 0 Å². The van der Waals surface area contributed by atoms with Crippen LogP contribution >= 0.6 is 27.7 Å². The second kappa shape index (κ2) is 2.92. The zero-order valence-electron chi connectivity index (χ0n) is 4.77. The van der Waals surface area contributed by atoms with Crippen molar-refractivity contribution in [1.82, 2.24) is 4.98 Å². The quantitative estimate of drug-likeness (QED) is 0.607. The Morgan fingerprint density at radius 3 is 2.70 bits per heavy atom. The number of alkyl halides is 3. The van der Waals surface area contributed by atoms with Gasteiger partial charge in [0, 0.05) is 22.1 Å². The highest BCUT2D eigenvalue weighted by atomic mass is 79.9. The van der Waals surface area contributed by atoms with E-state index in [1.54, 1.807) is 18.3 Å². The molecule has 0 saturated heterocycles. The summed E-state index contributed by atoms with van der Waals surface area (Å²) in [4.78, 5) is 2.65. The first-order valence-electron chi connectivity index (χ1n) is 2.47. The van der Waals surface area contributed by atoms with Crippen LogP contribution in [0.2, 0.25) is 0 Å². The Kier molecular flexibility index (Phi) is 2.36. The SMILES string of the molecule is FC(F)(Br)Sc1ccc[nH]1. The van der Waals surface area contributed by atoms with Gasteiger partial charge in [-0.15, -0.1) is 0 Å². The van der Waals surface area contributed by atoms with Crippen molar-refractivity contribution >= 4 is 27.7 Å². The monoisotopic (exact) mass is 227 g/mol. The van der Waals surface area contributed by atoms with Gasteiger partial charge in [-0.25, -0.2) is 0 Å². The Labute approximate surface area is 69.3 Å². The van der Waals surface area contributed by atoms with Crippen LogP contribution in [0.3, 0.4) is 0 Å². The first-order valence-corrected chi connectivity index (χ1v) is 4.08. The highest BCUT2D eigenvalue weighted by molar-refractivity contribution is 9.11. The minimum Gasteiger partial charge on any atom is -0.356 e. The highest BCUT2D eigenvalue weighted by Crippen LogP contribution is 2.39. The molecule has 1 N–H and O–H groups in total. The van der Waals surface area contributed by atoms with Crippen molar-refractivity contribution in [3.8, 4) is 0 Å². The van der Waals surface area contributed by atoms with Crippen LogP contribution in [0.1, 0.15) is 0 Å². The average molecular weight is 228 g/mol. The lowest BCUT2D eigenvalue weighted by molar-refractivity contribution is 0.220. The highest BCUT2D eigenvalue weighted by Gasteiger charge is 2.25. The van der Waals surface area contributed by atoms with Crippen molar-refractivity contribution in [1.29, 1.82) is 0 Å². The summed E-state index contributed by atoms with van der Waals surface area (Å²) in [5.41, 5.74) is 0. The lowest BCUT2D eigenvalue weighted by Gasteiger charge is -2.03. The molecule has 1 aromatic rings. The smallest absolute Gasteiger partial charge is 0.354 e. The number of thioether (sulfide) groups is 1. The van der Waals surface area contributed by atoms with Crippen molar-refractivity contribution in [2.45, 2.75) is 9.19 Å². The maximum atomic E-state index is 12.1. The van der Waals surface area contributed by atoms with E-state index in [0.717, 1.165) is 0 Å². The Hall–Kier alpha value is -0.0300. The molecule has 0 aliphatic rings. The standard InChI is InChI=1S/C5H4BrF2NS/c6-5(7,8)10-4-2-1-3-9-4/h1-3,9H. The van der Waals surface area contributed by atoms with Gasteiger partial charge in [0.15, 0.2) is 0 Å². The number of nitrogens with one attached hydrogen (secondary N) is 1. The van der Waals surface area contributed by atoms with Crippen molar-refractivity contribution in [2.24, 2.45) is 0 Å². The maximum Gasteiger partial charge on any atom is 0.354 e. The predicted molar refractivity (Wildman–Crippen MR) is 40.5 cm³/mol. The van der Waals surface area contributed by atoms with E-state index in [4.69, 9.17) is 0 Å². The lowest BCUT2D eigenvalue weighted by Crippen LogP contribution is -1.95. The number of halogens is 3. The van der Waals surface area contributed by atoms with Crippen LogP contribution in [0.25, 0.3) is 0 Å². The molecule has 1 aromatic heterocycles. The fraction of sp³-hybridized carbons (Fsp3) is 0.200. The van der Waals surface area contributed by atoms with Gasteiger partial charge in [0.2, 0.25) is 0 Å². The van der Waals surface area contributed by atoms with E-state index in [9.17, 15) is 8.78 Å². The molecule has 0 saturated carbocycles. The van der Waals surface area contributed by atoms with Crippen molar-refractivity contribution in [3.63, 3.8) is 0 Å². The topological polar surface area (TPSA) is 15.8 Å². The number of aromatic nitrogens is 1. The maximum absolute atomic E-state index is 12.1. The van der Waals surface area contributed by atoms with Gasteiger partial charge in [-0.1, -0.05) is 0 Å². The van der Waals surface area contributed by atoms with Crippen molar-refractivity contribution in [2.75, 3.05) is 0 Å². The van der Waals surface area contributed by atoms with Crippen LogP contribution in [0.15, 0.2) is 23.4 Å². The molecule has 1 rings (SSSR count). The van der Waals surface area contributed by atoms with Gasteiger partial charge >= 0.3 is 4.16 Å². The van der Waals surface area contributed by atoms with Gasteiger partial charge in [0.05, 0.1) is 5.03 Å². The number of aromatic amines is 1. The zero-order valence-corrected chi connectivity index (χ0v) is 7.18. The van der Waals surface area contributed by atoms with Crippen molar-refractivity contribution in [3.05, 3.63) is 18.3 Å². The van der Waals surface area contributed by atoms with Crippen LogP contribution in [0.5, 0.6) is 0 Å². The summed E-state index contributed by atoms with van der Waals surface area (Å²) in [5.74, 6) is 0. The molecule has 1 nitrogen and oxygen atoms in total. The molecule has 0 aromatic carbocycles. The Balaban J connectivity index is 2.57. The molecule has 0 aliphatic carbocycles. The molecular weight excluding hydrogens is 224 g/mol. The summed E-state index contributed by atoms with van der Waals surface area (Å²) in [6.07, 6.45) is 1.60. The molecule has 0 bridgehead atoms. The van der Waals surface area contributed by atoms with Gasteiger partial charge in [-0.05, 0) is 23.9 Å². The van der Waals surface area contributed by atoms with E-state index >= 15 is 0 Å². The van der Waals surface area contributed by atoms with E-state index in [1.165, 1.54) is 0 Å². The fourth-order valence-electron chi connectivity index (χ4n) is 0.502. The number of rotatable bonds is 2. The molecule has 1 heterocycles. The van der Waals surface area contributed by atoms with E-state index < -0.39 is 4.16 Å². The lowest BCUT2D eigenvalue weighted by atomic mass is 10.7. The normalized spacial score (nSPS) is 11.9. The fourth-order valence-corrected chi connectivity index (χ4v) is 1.55. The van der Waals surface area contributed by atoms with Gasteiger partial charge in [-0.2, -0.15) is 8.78 Å². The first-order chi connectivity index (χ1) is 4.58. The summed E-state index contributed by atoms with van der Waals surface area (Å²) in [5, 5.41) is 0.446. The summed E-state index contributed by atoms with van der Waals surface area (Å²) in [6.45, 7) is 0. The van der Waals surface area contributed by atoms with E-state index in [0.29, 0.717) is 16.8 Å². The Bertz CT molecular complexity index is 194. The van der Waals surface area contributed by atoms with Gasteiger partial charge in [0.25, 0.3) is 0 Å². The average Bonchev–Trinajstić information content (AvgIpc) is 2.12. The molecule has 0 atom stereocenters. The van der Waals surface area contributed by atoms with Crippen LogP contribution in [-0.4, -0.2) is 9.15 Å². The zero-order chi connectivity index (χ0) is 7.61. The third-order valence-electron chi connectivity index (χ3n) is 0.795. The second-order valence-electron chi connectivity index (χ2n) is 1.58. The Morgan fingerprint density at radius 1 is 1.60 bits per heavy atom. The summed E-state index contributed by atoms with van der Waals surface area (Å²) >= 11 is 2.64. The molecule has 0 radical (unpaired) electrons. The molecule has 0 aliphatic heterocycles. The molecule has 0 unspecified atom stereocenters. The third-order valence-corrected chi connectivity index (χ3v) is 1.99. The van der Waals surface area contributed by atoms with E-state index in [1.807, 2.05) is 0 Å². The largest absolute Gasteiger partial charge is 0.356 e. The molecular formula is C5H4BrF2NS. The van der Waals surface area contributed by atoms with Crippen LogP contribution in [0.4, 0.5) is 8.78 Å². The molecule has 0 fully saturated rings. The summed E-state index contributed by atoms with van der Waals surface area (Å²) in [6, 6.07) is 3.25. The van der Waals surface area contributed by atoms with Crippen LogP contribution in [-0.2, 0) is 0 Å². The molecule has 0 spiro atoms. The van der Waals surface area contributed by atoms with E-state index in [2.05, 4.69) is 20.9 Å². The van der Waals surface area contributed by atoms with Crippen LogP contribution in [0, 0.1) is 0 Å². The first kappa shape index (κ1) is 8.07. The second-order valence-corrected chi connectivity index (χ2v) is 4.26. The summed E-state index contributed by atoms with van der Waals surface area (Å²) < 4.78 is 21.4. The molecule has 56 valence electrons.